The standard InChI is InChI=1S/C21H18N4O4S2/c1-2-28-21(27)25-10-8-12-16(11-25)31-20(24-18(26)14-7-9-22-29-14)17(12)19-23-13-5-3-4-6-15(13)30-19/h3-7,9H,2,8,10-11H2,1H3,(H,24,26). The molecule has 158 valence electrons. The lowest BCUT2D eigenvalue weighted by Crippen LogP contribution is -2.35. The summed E-state index contributed by atoms with van der Waals surface area (Å²) in [4.78, 5) is 32.4. The molecule has 4 aromatic rings. The lowest BCUT2D eigenvalue weighted by molar-refractivity contribution is 0.0987. The van der Waals surface area contributed by atoms with Crippen LogP contribution in [-0.2, 0) is 17.7 Å². The Hall–Kier alpha value is -3.24. The van der Waals surface area contributed by atoms with Crippen LogP contribution in [0.15, 0.2) is 41.1 Å². The number of nitrogens with one attached hydrogen (secondary N) is 1. The summed E-state index contributed by atoms with van der Waals surface area (Å²) in [5.74, 6) is -0.240. The number of hydrogen-bond acceptors (Lipinski definition) is 8. The maximum absolute atomic E-state index is 12.7. The van der Waals surface area contributed by atoms with Crippen LogP contribution >= 0.6 is 22.7 Å². The van der Waals surface area contributed by atoms with Crippen LogP contribution in [0, 0.1) is 0 Å². The van der Waals surface area contributed by atoms with Gasteiger partial charge in [0.05, 0.1) is 29.6 Å². The third-order valence-corrected chi connectivity index (χ3v) is 7.17. The van der Waals surface area contributed by atoms with Gasteiger partial charge in [0.15, 0.2) is 0 Å². The van der Waals surface area contributed by atoms with Gasteiger partial charge in [0.2, 0.25) is 5.76 Å². The minimum absolute atomic E-state index is 0.134. The Balaban J connectivity index is 1.56. The van der Waals surface area contributed by atoms with E-state index >= 15 is 0 Å². The lowest BCUT2D eigenvalue weighted by Gasteiger charge is -2.26. The smallest absolute Gasteiger partial charge is 0.410 e. The summed E-state index contributed by atoms with van der Waals surface area (Å²) in [7, 11) is 0. The maximum atomic E-state index is 12.7. The molecule has 1 aliphatic rings. The van der Waals surface area contributed by atoms with Crippen molar-refractivity contribution in [3.8, 4) is 10.6 Å². The monoisotopic (exact) mass is 454 g/mol. The van der Waals surface area contributed by atoms with E-state index in [1.807, 2.05) is 24.3 Å². The van der Waals surface area contributed by atoms with E-state index in [-0.39, 0.29) is 17.8 Å². The minimum Gasteiger partial charge on any atom is -0.450 e. The fourth-order valence-corrected chi connectivity index (χ4v) is 5.93. The molecule has 3 aromatic heterocycles. The van der Waals surface area contributed by atoms with Crippen molar-refractivity contribution in [3.05, 3.63) is 52.7 Å². The van der Waals surface area contributed by atoms with Crippen LogP contribution in [-0.4, -0.2) is 40.2 Å². The lowest BCUT2D eigenvalue weighted by atomic mass is 10.0. The second-order valence-electron chi connectivity index (χ2n) is 6.90. The molecule has 10 heteroatoms. The van der Waals surface area contributed by atoms with E-state index < -0.39 is 0 Å². The van der Waals surface area contributed by atoms with E-state index in [4.69, 9.17) is 14.2 Å². The zero-order valence-corrected chi connectivity index (χ0v) is 18.2. The number of amides is 2. The van der Waals surface area contributed by atoms with Crippen molar-refractivity contribution < 1.29 is 18.8 Å². The number of rotatable bonds is 4. The number of para-hydroxylation sites is 1. The molecule has 8 nitrogen and oxygen atoms in total. The average molecular weight is 455 g/mol. The van der Waals surface area contributed by atoms with E-state index in [1.54, 1.807) is 23.2 Å². The normalized spacial score (nSPS) is 13.3. The van der Waals surface area contributed by atoms with Gasteiger partial charge in [-0.1, -0.05) is 17.3 Å². The fourth-order valence-electron chi connectivity index (χ4n) is 3.57. The van der Waals surface area contributed by atoms with Crippen molar-refractivity contribution >= 4 is 49.9 Å². The van der Waals surface area contributed by atoms with Gasteiger partial charge in [-0.3, -0.25) is 4.79 Å². The number of carbonyl (C=O) groups excluding carboxylic acids is 2. The first-order valence-electron chi connectivity index (χ1n) is 9.78. The molecule has 0 unspecified atom stereocenters. The number of thiazole rings is 1. The minimum atomic E-state index is -0.374. The predicted octanol–water partition coefficient (Wildman–Crippen LogP) is 4.78. The molecule has 0 aliphatic carbocycles. The van der Waals surface area contributed by atoms with E-state index in [1.165, 1.54) is 23.6 Å². The number of thiophene rings is 1. The molecule has 4 heterocycles. The topological polar surface area (TPSA) is 97.6 Å². The number of carbonyl (C=O) groups is 2. The first-order valence-corrected chi connectivity index (χ1v) is 11.4. The largest absolute Gasteiger partial charge is 0.450 e. The number of benzene rings is 1. The highest BCUT2D eigenvalue weighted by molar-refractivity contribution is 7.23. The highest BCUT2D eigenvalue weighted by Gasteiger charge is 2.30. The van der Waals surface area contributed by atoms with Gasteiger partial charge < -0.3 is 19.5 Å². The van der Waals surface area contributed by atoms with Gasteiger partial charge in [0.25, 0.3) is 5.91 Å². The molecule has 1 aliphatic heterocycles. The summed E-state index contributed by atoms with van der Waals surface area (Å²) >= 11 is 3.04. The fraction of sp³-hybridized carbons (Fsp3) is 0.238. The Bertz CT molecular complexity index is 1230. The highest BCUT2D eigenvalue weighted by atomic mass is 32.1. The van der Waals surface area contributed by atoms with E-state index in [0.29, 0.717) is 31.1 Å². The van der Waals surface area contributed by atoms with Crippen LogP contribution in [0.25, 0.3) is 20.8 Å². The van der Waals surface area contributed by atoms with Crippen molar-refractivity contribution in [1.82, 2.24) is 15.0 Å². The van der Waals surface area contributed by atoms with Crippen LogP contribution in [0.1, 0.15) is 27.9 Å². The van der Waals surface area contributed by atoms with Gasteiger partial charge in [-0.25, -0.2) is 9.78 Å². The van der Waals surface area contributed by atoms with Crippen molar-refractivity contribution in [2.45, 2.75) is 19.9 Å². The number of anilines is 1. The van der Waals surface area contributed by atoms with E-state index in [2.05, 4.69) is 10.5 Å². The van der Waals surface area contributed by atoms with Gasteiger partial charge in [-0.15, -0.1) is 22.7 Å². The van der Waals surface area contributed by atoms with Crippen LogP contribution in [0.4, 0.5) is 9.80 Å². The van der Waals surface area contributed by atoms with E-state index in [0.717, 1.165) is 31.2 Å². The van der Waals surface area contributed by atoms with Gasteiger partial charge in [0, 0.05) is 23.1 Å². The summed E-state index contributed by atoms with van der Waals surface area (Å²) in [5, 5.41) is 8.10. The quantitative estimate of drug-likeness (QED) is 0.477. The molecule has 0 bridgehead atoms. The van der Waals surface area contributed by atoms with Crippen LogP contribution in [0.3, 0.4) is 0 Å². The van der Waals surface area contributed by atoms with Gasteiger partial charge in [-0.2, -0.15) is 0 Å². The predicted molar refractivity (Wildman–Crippen MR) is 119 cm³/mol. The summed E-state index contributed by atoms with van der Waals surface area (Å²) in [6, 6.07) is 9.46. The first-order chi connectivity index (χ1) is 15.1. The number of aromatic nitrogens is 2. The second kappa shape index (κ2) is 8.12. The molecule has 0 atom stereocenters. The first kappa shape index (κ1) is 19.7. The van der Waals surface area contributed by atoms with Gasteiger partial charge >= 0.3 is 6.09 Å². The number of hydrogen-bond donors (Lipinski definition) is 1. The molecule has 2 amide bonds. The van der Waals surface area contributed by atoms with Crippen molar-refractivity contribution in [3.63, 3.8) is 0 Å². The Kier molecular flexibility index (Phi) is 5.16. The maximum Gasteiger partial charge on any atom is 0.410 e. The highest BCUT2D eigenvalue weighted by Crippen LogP contribution is 2.45. The average Bonchev–Trinajstić information content (AvgIpc) is 3.50. The molecular weight excluding hydrogens is 436 g/mol. The van der Waals surface area contributed by atoms with Crippen molar-refractivity contribution in [1.29, 1.82) is 0 Å². The third kappa shape index (κ3) is 3.68. The number of ether oxygens (including phenoxy) is 1. The van der Waals surface area contributed by atoms with Crippen LogP contribution < -0.4 is 5.32 Å². The van der Waals surface area contributed by atoms with Crippen LogP contribution in [0.5, 0.6) is 0 Å². The molecule has 0 saturated carbocycles. The van der Waals surface area contributed by atoms with Gasteiger partial charge in [-0.05, 0) is 31.0 Å². The SMILES string of the molecule is CCOC(=O)N1CCc2c(sc(NC(=O)c3ccno3)c2-c2nc3ccccc3s2)C1. The molecule has 5 rings (SSSR count). The van der Waals surface area contributed by atoms with Crippen LogP contribution in [0.2, 0.25) is 0 Å². The molecule has 0 saturated heterocycles. The summed E-state index contributed by atoms with van der Waals surface area (Å²) < 4.78 is 11.2. The molecule has 0 fully saturated rings. The second-order valence-corrected chi connectivity index (χ2v) is 9.03. The molecular formula is C21H18N4O4S2. The molecule has 1 aromatic carbocycles. The molecule has 0 spiro atoms. The number of fused-ring (bicyclic) bond motifs is 2. The van der Waals surface area contributed by atoms with Crippen molar-refractivity contribution in [2.24, 2.45) is 0 Å². The van der Waals surface area contributed by atoms with E-state index in [9.17, 15) is 9.59 Å². The van der Waals surface area contributed by atoms with Crippen molar-refractivity contribution in [2.75, 3.05) is 18.5 Å². The van der Waals surface area contributed by atoms with Gasteiger partial charge in [0.1, 0.15) is 10.0 Å². The molecule has 31 heavy (non-hydrogen) atoms. The Morgan fingerprint density at radius 2 is 2.13 bits per heavy atom. The Morgan fingerprint density at radius 3 is 2.90 bits per heavy atom. The summed E-state index contributed by atoms with van der Waals surface area (Å²) in [5.41, 5.74) is 2.94. The zero-order valence-electron chi connectivity index (χ0n) is 16.6. The Morgan fingerprint density at radius 1 is 1.26 bits per heavy atom. The number of nitrogens with zero attached hydrogens (tertiary/aromatic N) is 3. The zero-order chi connectivity index (χ0) is 21.4. The summed E-state index contributed by atoms with van der Waals surface area (Å²) in [6.45, 7) is 3.12. The third-order valence-electron chi connectivity index (χ3n) is 4.98. The molecule has 1 N–H and O–H groups in total. The Labute approximate surface area is 185 Å². The summed E-state index contributed by atoms with van der Waals surface area (Å²) in [6.07, 6.45) is 1.77. The molecule has 0 radical (unpaired) electrons.